The minimum atomic E-state index is 0.495. The summed E-state index contributed by atoms with van der Waals surface area (Å²) in [6.45, 7) is 3.33. The fourth-order valence-electron chi connectivity index (χ4n) is 2.45. The maximum atomic E-state index is 5.76. The molecule has 2 aliphatic rings. The van der Waals surface area contributed by atoms with E-state index in [4.69, 9.17) is 4.74 Å². The van der Waals surface area contributed by atoms with Crippen LogP contribution in [0, 0.1) is 5.41 Å². The fourth-order valence-corrected chi connectivity index (χ4v) is 3.18. The Kier molecular flexibility index (Phi) is 4.08. The Balaban J connectivity index is 1.69. The maximum Gasteiger partial charge on any atom is 0.0701 e. The summed E-state index contributed by atoms with van der Waals surface area (Å²) in [4.78, 5) is 2.46. The van der Waals surface area contributed by atoms with E-state index in [-0.39, 0.29) is 0 Å². The van der Waals surface area contributed by atoms with Crippen molar-refractivity contribution in [3.8, 4) is 0 Å². The van der Waals surface area contributed by atoms with E-state index in [0.717, 1.165) is 18.5 Å². The first kappa shape index (κ1) is 11.9. The molecular weight excluding hydrogens is 254 g/mol. The van der Waals surface area contributed by atoms with Crippen molar-refractivity contribution in [3.05, 3.63) is 0 Å². The largest absolute Gasteiger partial charge is 0.377 e. The van der Waals surface area contributed by atoms with Gasteiger partial charge in [-0.2, -0.15) is 0 Å². The zero-order valence-electron chi connectivity index (χ0n) is 9.67. The van der Waals surface area contributed by atoms with Crippen LogP contribution in [0.1, 0.15) is 32.1 Å². The highest BCUT2D eigenvalue weighted by Gasteiger charge is 2.42. The van der Waals surface area contributed by atoms with E-state index in [9.17, 15) is 0 Å². The standard InChI is InChI=1S/C12H22BrNO/c1-14(10-12(9-13)5-6-12)8-11-4-2-3-7-15-11/h11H,2-10H2,1H3. The molecule has 0 spiro atoms. The molecule has 2 nitrogen and oxygen atoms in total. The summed E-state index contributed by atoms with van der Waals surface area (Å²) in [6, 6.07) is 0. The Bertz CT molecular complexity index is 200. The van der Waals surface area contributed by atoms with Crippen molar-refractivity contribution in [1.29, 1.82) is 0 Å². The molecular formula is C12H22BrNO. The zero-order valence-corrected chi connectivity index (χ0v) is 11.3. The highest BCUT2D eigenvalue weighted by molar-refractivity contribution is 9.09. The van der Waals surface area contributed by atoms with Crippen LogP contribution in [-0.2, 0) is 4.74 Å². The highest BCUT2D eigenvalue weighted by atomic mass is 79.9. The van der Waals surface area contributed by atoms with Gasteiger partial charge in [-0.25, -0.2) is 0 Å². The fraction of sp³-hybridized carbons (Fsp3) is 1.00. The first-order chi connectivity index (χ1) is 7.24. The number of alkyl halides is 1. The molecule has 0 radical (unpaired) electrons. The van der Waals surface area contributed by atoms with Gasteiger partial charge in [0.1, 0.15) is 0 Å². The normalized spacial score (nSPS) is 29.4. The summed E-state index contributed by atoms with van der Waals surface area (Å²) >= 11 is 3.63. The number of likely N-dealkylation sites (N-methyl/N-ethyl adjacent to an activating group) is 1. The van der Waals surface area contributed by atoms with Gasteiger partial charge in [0.15, 0.2) is 0 Å². The van der Waals surface area contributed by atoms with Crippen molar-refractivity contribution in [2.45, 2.75) is 38.2 Å². The topological polar surface area (TPSA) is 12.5 Å². The second-order valence-corrected chi connectivity index (χ2v) is 5.88. The van der Waals surface area contributed by atoms with Crippen LogP contribution in [0.2, 0.25) is 0 Å². The van der Waals surface area contributed by atoms with Gasteiger partial charge in [0.05, 0.1) is 6.10 Å². The van der Waals surface area contributed by atoms with Gasteiger partial charge in [0.2, 0.25) is 0 Å². The number of ether oxygens (including phenoxy) is 1. The molecule has 88 valence electrons. The lowest BCUT2D eigenvalue weighted by atomic mass is 10.1. The molecule has 1 atom stereocenters. The average Bonchev–Trinajstić information content (AvgIpc) is 3.00. The van der Waals surface area contributed by atoms with Crippen LogP contribution in [0.25, 0.3) is 0 Å². The van der Waals surface area contributed by atoms with E-state index < -0.39 is 0 Å². The number of hydrogen-bond acceptors (Lipinski definition) is 2. The highest BCUT2D eigenvalue weighted by Crippen LogP contribution is 2.47. The third-order valence-corrected chi connectivity index (χ3v) is 4.82. The Hall–Kier alpha value is 0.400. The Morgan fingerprint density at radius 1 is 1.40 bits per heavy atom. The molecule has 0 amide bonds. The zero-order chi connectivity index (χ0) is 10.7. The minimum absolute atomic E-state index is 0.495. The van der Waals surface area contributed by atoms with Gasteiger partial charge in [-0.05, 0) is 44.6 Å². The van der Waals surface area contributed by atoms with Crippen molar-refractivity contribution in [2.24, 2.45) is 5.41 Å². The van der Waals surface area contributed by atoms with E-state index in [1.165, 1.54) is 38.6 Å². The summed E-state index contributed by atoms with van der Waals surface area (Å²) in [7, 11) is 2.24. The number of halogens is 1. The second-order valence-electron chi connectivity index (χ2n) is 5.32. The van der Waals surface area contributed by atoms with Crippen LogP contribution >= 0.6 is 15.9 Å². The van der Waals surface area contributed by atoms with Gasteiger partial charge in [-0.3, -0.25) is 0 Å². The predicted molar refractivity (Wildman–Crippen MR) is 66.5 cm³/mol. The van der Waals surface area contributed by atoms with E-state index >= 15 is 0 Å². The Morgan fingerprint density at radius 3 is 2.73 bits per heavy atom. The third-order valence-electron chi connectivity index (χ3n) is 3.64. The quantitative estimate of drug-likeness (QED) is 0.716. The van der Waals surface area contributed by atoms with E-state index in [1.807, 2.05) is 0 Å². The van der Waals surface area contributed by atoms with Gasteiger partial charge in [-0.1, -0.05) is 15.9 Å². The minimum Gasteiger partial charge on any atom is -0.377 e. The molecule has 0 aromatic heterocycles. The van der Waals surface area contributed by atoms with Gasteiger partial charge >= 0.3 is 0 Å². The van der Waals surface area contributed by atoms with Crippen LogP contribution in [0.15, 0.2) is 0 Å². The maximum absolute atomic E-state index is 5.76. The lowest BCUT2D eigenvalue weighted by Crippen LogP contribution is -2.36. The first-order valence-corrected chi connectivity index (χ1v) is 7.22. The monoisotopic (exact) mass is 275 g/mol. The molecule has 3 heteroatoms. The number of hydrogen-bond donors (Lipinski definition) is 0. The van der Waals surface area contributed by atoms with Gasteiger partial charge in [-0.15, -0.1) is 0 Å². The molecule has 1 aliphatic carbocycles. The molecule has 0 N–H and O–H groups in total. The van der Waals surface area contributed by atoms with Crippen LogP contribution in [0.4, 0.5) is 0 Å². The summed E-state index contributed by atoms with van der Waals surface area (Å²) in [5.74, 6) is 0. The molecule has 1 unspecified atom stereocenters. The first-order valence-electron chi connectivity index (χ1n) is 6.10. The smallest absolute Gasteiger partial charge is 0.0701 e. The van der Waals surface area contributed by atoms with Crippen molar-refractivity contribution >= 4 is 15.9 Å². The van der Waals surface area contributed by atoms with Gasteiger partial charge in [0.25, 0.3) is 0 Å². The van der Waals surface area contributed by atoms with Gasteiger partial charge < -0.3 is 9.64 Å². The number of nitrogens with zero attached hydrogens (tertiary/aromatic N) is 1. The van der Waals surface area contributed by atoms with Crippen LogP contribution in [0.3, 0.4) is 0 Å². The molecule has 0 bridgehead atoms. The third kappa shape index (κ3) is 3.43. The summed E-state index contributed by atoms with van der Waals surface area (Å²) in [5, 5.41) is 1.16. The Morgan fingerprint density at radius 2 is 2.20 bits per heavy atom. The van der Waals surface area contributed by atoms with E-state index in [0.29, 0.717) is 11.5 Å². The number of rotatable bonds is 5. The molecule has 1 heterocycles. The SMILES string of the molecule is CN(CC1CCCCO1)CC1(CBr)CC1. The molecule has 15 heavy (non-hydrogen) atoms. The van der Waals surface area contributed by atoms with Crippen LogP contribution in [0.5, 0.6) is 0 Å². The molecule has 2 fully saturated rings. The Labute approximate surface area is 101 Å². The van der Waals surface area contributed by atoms with Crippen molar-refractivity contribution < 1.29 is 4.74 Å². The second kappa shape index (κ2) is 5.15. The lowest BCUT2D eigenvalue weighted by Gasteiger charge is -2.29. The van der Waals surface area contributed by atoms with Crippen LogP contribution in [-0.4, -0.2) is 43.1 Å². The molecule has 0 aromatic rings. The molecule has 1 aliphatic heterocycles. The van der Waals surface area contributed by atoms with Crippen molar-refractivity contribution in [3.63, 3.8) is 0 Å². The lowest BCUT2D eigenvalue weighted by molar-refractivity contribution is -0.00359. The van der Waals surface area contributed by atoms with Crippen LogP contribution < -0.4 is 0 Å². The molecule has 1 saturated heterocycles. The van der Waals surface area contributed by atoms with Gasteiger partial charge in [0, 0.05) is 25.0 Å². The molecule has 1 saturated carbocycles. The molecule has 2 rings (SSSR count). The van der Waals surface area contributed by atoms with E-state index in [1.54, 1.807) is 0 Å². The summed E-state index contributed by atoms with van der Waals surface area (Å²) in [5.41, 5.74) is 0.601. The van der Waals surface area contributed by atoms with Crippen molar-refractivity contribution in [2.75, 3.05) is 32.1 Å². The average molecular weight is 276 g/mol. The summed E-state index contributed by atoms with van der Waals surface area (Å²) in [6.07, 6.45) is 7.15. The summed E-state index contributed by atoms with van der Waals surface area (Å²) < 4.78 is 5.76. The molecule has 0 aromatic carbocycles. The van der Waals surface area contributed by atoms with Crippen molar-refractivity contribution in [1.82, 2.24) is 4.90 Å². The predicted octanol–water partition coefficient (Wildman–Crippen LogP) is 2.66. The van der Waals surface area contributed by atoms with E-state index in [2.05, 4.69) is 27.9 Å².